The van der Waals surface area contributed by atoms with Gasteiger partial charge in [0.05, 0.1) is 23.1 Å². The number of hydrogen-bond donors (Lipinski definition) is 1. The number of benzene rings is 1. The minimum Gasteiger partial charge on any atom is -0.495 e. The van der Waals surface area contributed by atoms with Crippen LogP contribution in [0.2, 0.25) is 0 Å². The molecule has 0 bridgehead atoms. The van der Waals surface area contributed by atoms with E-state index in [2.05, 4.69) is 45.1 Å². The molecule has 2 heterocycles. The van der Waals surface area contributed by atoms with E-state index in [9.17, 15) is 0 Å². The summed E-state index contributed by atoms with van der Waals surface area (Å²) < 4.78 is 8.55. The highest BCUT2D eigenvalue weighted by Crippen LogP contribution is 2.46. The van der Waals surface area contributed by atoms with Crippen molar-refractivity contribution in [1.82, 2.24) is 15.1 Å². The number of ether oxygens (including phenoxy) is 1. The van der Waals surface area contributed by atoms with Crippen LogP contribution in [-0.2, 0) is 0 Å². The summed E-state index contributed by atoms with van der Waals surface area (Å²) in [4.78, 5) is 0. The van der Waals surface area contributed by atoms with E-state index in [4.69, 9.17) is 9.84 Å². The van der Waals surface area contributed by atoms with Crippen molar-refractivity contribution < 1.29 is 4.74 Å². The number of fused-ring (bicyclic) bond motifs is 1. The summed E-state index contributed by atoms with van der Waals surface area (Å²) in [5.74, 6) is 1.52. The molecule has 1 saturated heterocycles. The molecule has 118 valence electrons. The predicted octanol–water partition coefficient (Wildman–Crippen LogP) is 3.76. The SMILES string of the molecule is COc1cc2nn([C@H]3CCC4(CNC4)C[C@@H]3C)cc2cc1Br. The molecule has 0 amide bonds. The number of nitrogens with zero attached hydrogens (tertiary/aromatic N) is 2. The van der Waals surface area contributed by atoms with E-state index in [1.54, 1.807) is 7.11 Å². The molecule has 1 spiro atoms. The number of aromatic nitrogens is 2. The molecule has 1 aliphatic heterocycles. The lowest BCUT2D eigenvalue weighted by molar-refractivity contribution is 0.0452. The molecule has 0 radical (unpaired) electrons. The zero-order valence-electron chi connectivity index (χ0n) is 13.1. The predicted molar refractivity (Wildman–Crippen MR) is 91.3 cm³/mol. The van der Waals surface area contributed by atoms with Crippen molar-refractivity contribution in [1.29, 1.82) is 0 Å². The molecule has 1 aromatic heterocycles. The monoisotopic (exact) mass is 363 g/mol. The molecule has 1 saturated carbocycles. The van der Waals surface area contributed by atoms with Crippen LogP contribution in [0.15, 0.2) is 22.8 Å². The molecule has 2 aromatic rings. The summed E-state index contributed by atoms with van der Waals surface area (Å²) in [5, 5.41) is 9.45. The molecule has 1 N–H and O–H groups in total. The normalized spacial score (nSPS) is 27.0. The van der Waals surface area contributed by atoms with E-state index >= 15 is 0 Å². The van der Waals surface area contributed by atoms with Gasteiger partial charge in [0.2, 0.25) is 0 Å². The smallest absolute Gasteiger partial charge is 0.135 e. The van der Waals surface area contributed by atoms with Gasteiger partial charge in [0.1, 0.15) is 5.75 Å². The quantitative estimate of drug-likeness (QED) is 0.882. The zero-order valence-corrected chi connectivity index (χ0v) is 14.7. The van der Waals surface area contributed by atoms with Gasteiger partial charge in [0, 0.05) is 30.7 Å². The molecule has 2 aliphatic rings. The molecule has 0 unspecified atom stereocenters. The molecule has 2 fully saturated rings. The highest BCUT2D eigenvalue weighted by molar-refractivity contribution is 9.10. The van der Waals surface area contributed by atoms with Gasteiger partial charge in [-0.2, -0.15) is 5.10 Å². The number of nitrogens with one attached hydrogen (secondary N) is 1. The summed E-state index contributed by atoms with van der Waals surface area (Å²) in [6.07, 6.45) is 6.05. The topological polar surface area (TPSA) is 39.1 Å². The molecule has 1 aliphatic carbocycles. The fourth-order valence-corrected chi connectivity index (χ4v) is 4.75. The Hall–Kier alpha value is -1.07. The fourth-order valence-electron chi connectivity index (χ4n) is 4.22. The number of methoxy groups -OCH3 is 1. The van der Waals surface area contributed by atoms with Crippen molar-refractivity contribution in [2.75, 3.05) is 20.2 Å². The number of rotatable bonds is 2. The van der Waals surface area contributed by atoms with Crippen LogP contribution in [0.25, 0.3) is 10.9 Å². The first kappa shape index (κ1) is 14.5. The summed E-state index contributed by atoms with van der Waals surface area (Å²) in [6, 6.07) is 4.63. The van der Waals surface area contributed by atoms with Crippen LogP contribution in [0.4, 0.5) is 0 Å². The fraction of sp³-hybridized carbons (Fsp3) is 0.588. The Bertz CT molecular complexity index is 707. The van der Waals surface area contributed by atoms with Gasteiger partial charge in [-0.05, 0) is 52.6 Å². The van der Waals surface area contributed by atoms with E-state index < -0.39 is 0 Å². The minimum absolute atomic E-state index is 0.517. The lowest BCUT2D eigenvalue weighted by Crippen LogP contribution is -2.56. The van der Waals surface area contributed by atoms with Gasteiger partial charge < -0.3 is 10.1 Å². The summed E-state index contributed by atoms with van der Waals surface area (Å²) >= 11 is 3.56. The first-order chi connectivity index (χ1) is 10.6. The Labute approximate surface area is 139 Å². The maximum atomic E-state index is 5.38. The second-order valence-electron chi connectivity index (χ2n) is 7.05. The summed E-state index contributed by atoms with van der Waals surface area (Å²) in [5.41, 5.74) is 1.59. The van der Waals surface area contributed by atoms with Crippen molar-refractivity contribution in [2.45, 2.75) is 32.2 Å². The van der Waals surface area contributed by atoms with Crippen LogP contribution in [0.5, 0.6) is 5.75 Å². The van der Waals surface area contributed by atoms with Crippen LogP contribution >= 0.6 is 15.9 Å². The van der Waals surface area contributed by atoms with Gasteiger partial charge in [-0.1, -0.05) is 6.92 Å². The molecule has 22 heavy (non-hydrogen) atoms. The second-order valence-corrected chi connectivity index (χ2v) is 7.90. The maximum absolute atomic E-state index is 5.38. The van der Waals surface area contributed by atoms with Crippen LogP contribution in [0, 0.1) is 11.3 Å². The lowest BCUT2D eigenvalue weighted by Gasteiger charge is -2.50. The molecule has 2 atom stereocenters. The van der Waals surface area contributed by atoms with Crippen LogP contribution in [0.1, 0.15) is 32.2 Å². The van der Waals surface area contributed by atoms with Gasteiger partial charge >= 0.3 is 0 Å². The second kappa shape index (κ2) is 5.24. The average Bonchev–Trinajstić information content (AvgIpc) is 2.86. The van der Waals surface area contributed by atoms with Crippen LogP contribution in [0.3, 0.4) is 0 Å². The third kappa shape index (κ3) is 2.26. The highest BCUT2D eigenvalue weighted by Gasteiger charge is 2.43. The van der Waals surface area contributed by atoms with Crippen LogP contribution < -0.4 is 10.1 Å². The van der Waals surface area contributed by atoms with Crippen molar-refractivity contribution in [3.8, 4) is 5.75 Å². The van der Waals surface area contributed by atoms with Crippen molar-refractivity contribution in [3.63, 3.8) is 0 Å². The molecule has 4 nitrogen and oxygen atoms in total. The lowest BCUT2D eigenvalue weighted by atomic mass is 9.65. The molecular weight excluding hydrogens is 342 g/mol. The van der Waals surface area contributed by atoms with Crippen molar-refractivity contribution in [3.05, 3.63) is 22.8 Å². The first-order valence-electron chi connectivity index (χ1n) is 8.03. The van der Waals surface area contributed by atoms with Gasteiger partial charge in [0.25, 0.3) is 0 Å². The first-order valence-corrected chi connectivity index (χ1v) is 8.83. The molecule has 5 heteroatoms. The Kier molecular flexibility index (Phi) is 3.46. The Morgan fingerprint density at radius 3 is 2.86 bits per heavy atom. The van der Waals surface area contributed by atoms with Gasteiger partial charge in [-0.3, -0.25) is 4.68 Å². The Balaban J connectivity index is 1.63. The average molecular weight is 364 g/mol. The molecule has 1 aromatic carbocycles. The minimum atomic E-state index is 0.517. The Morgan fingerprint density at radius 2 is 2.23 bits per heavy atom. The van der Waals surface area contributed by atoms with E-state index in [1.807, 2.05) is 6.07 Å². The van der Waals surface area contributed by atoms with Gasteiger partial charge in [-0.15, -0.1) is 0 Å². The number of halogens is 1. The summed E-state index contributed by atoms with van der Waals surface area (Å²) in [7, 11) is 1.69. The summed E-state index contributed by atoms with van der Waals surface area (Å²) in [6.45, 7) is 4.79. The highest BCUT2D eigenvalue weighted by atomic mass is 79.9. The van der Waals surface area contributed by atoms with E-state index in [1.165, 1.54) is 37.7 Å². The molecule has 4 rings (SSSR count). The molecular formula is C17H22BrN3O. The van der Waals surface area contributed by atoms with E-state index in [0.29, 0.717) is 17.4 Å². The van der Waals surface area contributed by atoms with Gasteiger partial charge in [0.15, 0.2) is 0 Å². The number of hydrogen-bond acceptors (Lipinski definition) is 3. The standard InChI is InChI=1S/C17H22BrN3O/c1-11-7-17(9-19-10-17)4-3-15(11)21-8-12-5-13(18)16(22-2)6-14(12)20-21/h5-6,8,11,15,19H,3-4,7,9-10H2,1-2H3/t11-,15-/m0/s1. The van der Waals surface area contributed by atoms with E-state index in [-0.39, 0.29) is 0 Å². The third-order valence-electron chi connectivity index (χ3n) is 5.52. The van der Waals surface area contributed by atoms with E-state index in [0.717, 1.165) is 15.7 Å². The van der Waals surface area contributed by atoms with Crippen LogP contribution in [-0.4, -0.2) is 30.0 Å². The Morgan fingerprint density at radius 1 is 1.41 bits per heavy atom. The van der Waals surface area contributed by atoms with Crippen molar-refractivity contribution >= 4 is 26.8 Å². The maximum Gasteiger partial charge on any atom is 0.135 e. The third-order valence-corrected chi connectivity index (χ3v) is 6.14. The van der Waals surface area contributed by atoms with Crippen molar-refractivity contribution in [2.24, 2.45) is 11.3 Å². The van der Waals surface area contributed by atoms with Gasteiger partial charge in [-0.25, -0.2) is 0 Å². The zero-order chi connectivity index (χ0) is 15.3. The largest absolute Gasteiger partial charge is 0.495 e.